The van der Waals surface area contributed by atoms with Crippen molar-refractivity contribution in [1.82, 2.24) is 10.2 Å². The van der Waals surface area contributed by atoms with Crippen molar-refractivity contribution in [1.29, 1.82) is 0 Å². The fraction of sp³-hybridized carbons (Fsp3) is 0.296. The van der Waals surface area contributed by atoms with Crippen molar-refractivity contribution in [2.24, 2.45) is 0 Å². The van der Waals surface area contributed by atoms with Crippen molar-refractivity contribution < 1.29 is 14.4 Å². The second kappa shape index (κ2) is 10.3. The lowest BCUT2D eigenvalue weighted by atomic mass is 10.1. The van der Waals surface area contributed by atoms with E-state index < -0.39 is 6.04 Å². The smallest absolute Gasteiger partial charge is 0.259 e. The largest absolute Gasteiger partial charge is 0.352 e. The third-order valence-electron chi connectivity index (χ3n) is 6.47. The number of amides is 3. The molecule has 3 amide bonds. The van der Waals surface area contributed by atoms with Gasteiger partial charge in [0.15, 0.2) is 0 Å². The first-order valence-electron chi connectivity index (χ1n) is 11.6. The summed E-state index contributed by atoms with van der Waals surface area (Å²) in [5.41, 5.74) is 1.92. The van der Waals surface area contributed by atoms with Crippen molar-refractivity contribution in [2.45, 2.75) is 45.8 Å². The summed E-state index contributed by atoms with van der Waals surface area (Å²) >= 11 is 12.4. The van der Waals surface area contributed by atoms with Gasteiger partial charge in [0.1, 0.15) is 12.6 Å². The topological polar surface area (TPSA) is 69.7 Å². The Balaban J connectivity index is 1.64. The summed E-state index contributed by atoms with van der Waals surface area (Å²) in [4.78, 5) is 42.8. The van der Waals surface area contributed by atoms with Gasteiger partial charge in [0, 0.05) is 33.6 Å². The lowest BCUT2D eigenvalue weighted by molar-refractivity contribution is -0.139. The van der Waals surface area contributed by atoms with Crippen molar-refractivity contribution in [3.05, 3.63) is 75.8 Å². The molecule has 0 saturated carbocycles. The van der Waals surface area contributed by atoms with Crippen LogP contribution in [-0.4, -0.2) is 41.2 Å². The number of nitrogens with zero attached hydrogens (tertiary/aromatic N) is 2. The summed E-state index contributed by atoms with van der Waals surface area (Å²) < 4.78 is 0. The summed E-state index contributed by atoms with van der Waals surface area (Å²) in [5, 5.41) is 5.60. The number of hydrogen-bond donors (Lipinski definition) is 1. The van der Waals surface area contributed by atoms with E-state index in [4.69, 9.17) is 23.2 Å². The van der Waals surface area contributed by atoms with E-state index in [1.807, 2.05) is 44.2 Å². The normalized spacial score (nSPS) is 14.2. The van der Waals surface area contributed by atoms with Crippen LogP contribution in [0.5, 0.6) is 0 Å². The van der Waals surface area contributed by atoms with Crippen LogP contribution in [-0.2, 0) is 16.1 Å². The van der Waals surface area contributed by atoms with Crippen LogP contribution in [0.4, 0.5) is 5.69 Å². The molecule has 1 aliphatic heterocycles. The van der Waals surface area contributed by atoms with Gasteiger partial charge in [-0.1, -0.05) is 60.5 Å². The molecule has 3 aromatic carbocycles. The number of benzene rings is 3. The highest BCUT2D eigenvalue weighted by atomic mass is 35.5. The SMILES string of the molecule is CC[C@H](C)NC(=O)[C@H](C)N(Cc1ccc(Cl)cc1Cl)C(=O)CN1C(=O)c2cccc3cccc1c23. The van der Waals surface area contributed by atoms with Gasteiger partial charge in [-0.2, -0.15) is 0 Å². The van der Waals surface area contributed by atoms with Crippen LogP contribution in [0.3, 0.4) is 0 Å². The highest BCUT2D eigenvalue weighted by Crippen LogP contribution is 2.37. The van der Waals surface area contributed by atoms with Crippen molar-refractivity contribution >= 4 is 57.4 Å². The number of halogens is 2. The molecule has 6 nitrogen and oxygen atoms in total. The molecule has 0 radical (unpaired) electrons. The van der Waals surface area contributed by atoms with E-state index in [9.17, 15) is 14.4 Å². The Morgan fingerprint density at radius 2 is 1.77 bits per heavy atom. The maximum atomic E-state index is 13.7. The van der Waals surface area contributed by atoms with E-state index in [-0.39, 0.29) is 36.9 Å². The van der Waals surface area contributed by atoms with Gasteiger partial charge in [-0.15, -0.1) is 0 Å². The number of carbonyl (C=O) groups excluding carboxylic acids is 3. The molecule has 35 heavy (non-hydrogen) atoms. The standard InChI is InChI=1S/C27H27Cl2N3O3/c1-4-16(2)30-26(34)17(3)31(14-19-11-12-20(28)13-22(19)29)24(33)15-32-23-10-6-8-18-7-5-9-21(25(18)23)27(32)35/h5-13,16-17H,4,14-15H2,1-3H3,(H,30,34)/t16-,17-/m0/s1. The molecule has 0 bridgehead atoms. The van der Waals surface area contributed by atoms with Gasteiger partial charge in [-0.3, -0.25) is 19.3 Å². The highest BCUT2D eigenvalue weighted by Gasteiger charge is 2.34. The molecule has 0 spiro atoms. The third-order valence-corrected chi connectivity index (χ3v) is 7.05. The minimum Gasteiger partial charge on any atom is -0.352 e. The maximum Gasteiger partial charge on any atom is 0.259 e. The molecule has 0 saturated heterocycles. The second-order valence-corrected chi connectivity index (χ2v) is 9.67. The fourth-order valence-electron chi connectivity index (χ4n) is 4.24. The average Bonchev–Trinajstić information content (AvgIpc) is 3.11. The molecule has 0 unspecified atom stereocenters. The van der Waals surface area contributed by atoms with Crippen LogP contribution in [0.15, 0.2) is 54.6 Å². The van der Waals surface area contributed by atoms with Crippen molar-refractivity contribution in [3.8, 4) is 0 Å². The molecule has 4 rings (SSSR count). The zero-order valence-electron chi connectivity index (χ0n) is 19.8. The molecule has 182 valence electrons. The van der Waals surface area contributed by atoms with Crippen LogP contribution < -0.4 is 10.2 Å². The fourth-order valence-corrected chi connectivity index (χ4v) is 4.71. The van der Waals surface area contributed by atoms with Gasteiger partial charge in [0.05, 0.1) is 5.69 Å². The molecule has 1 N–H and O–H groups in total. The molecule has 3 aromatic rings. The molecular formula is C27H27Cl2N3O3. The Morgan fingerprint density at radius 1 is 1.06 bits per heavy atom. The Hall–Kier alpha value is -3.09. The van der Waals surface area contributed by atoms with E-state index in [0.717, 1.165) is 17.2 Å². The van der Waals surface area contributed by atoms with Gasteiger partial charge in [0.2, 0.25) is 11.8 Å². The van der Waals surface area contributed by atoms with Gasteiger partial charge < -0.3 is 10.2 Å². The molecule has 0 aromatic heterocycles. The Morgan fingerprint density at radius 3 is 2.46 bits per heavy atom. The van der Waals surface area contributed by atoms with Crippen LogP contribution in [0.25, 0.3) is 10.8 Å². The van der Waals surface area contributed by atoms with Crippen LogP contribution in [0, 0.1) is 0 Å². The minimum atomic E-state index is -0.779. The number of nitrogens with one attached hydrogen (secondary N) is 1. The summed E-state index contributed by atoms with van der Waals surface area (Å²) in [5.74, 6) is -0.858. The van der Waals surface area contributed by atoms with E-state index in [0.29, 0.717) is 26.9 Å². The van der Waals surface area contributed by atoms with E-state index in [1.54, 1.807) is 31.2 Å². The van der Waals surface area contributed by atoms with Crippen LogP contribution in [0.2, 0.25) is 10.0 Å². The first-order valence-corrected chi connectivity index (χ1v) is 12.3. The Kier molecular flexibility index (Phi) is 7.33. The lowest BCUT2D eigenvalue weighted by Gasteiger charge is -2.31. The number of hydrogen-bond acceptors (Lipinski definition) is 3. The predicted octanol–water partition coefficient (Wildman–Crippen LogP) is 5.44. The number of rotatable bonds is 8. The number of carbonyl (C=O) groups is 3. The first kappa shape index (κ1) is 25.0. The molecule has 1 heterocycles. The monoisotopic (exact) mass is 511 g/mol. The van der Waals surface area contributed by atoms with E-state index >= 15 is 0 Å². The van der Waals surface area contributed by atoms with Crippen molar-refractivity contribution in [2.75, 3.05) is 11.4 Å². The third kappa shape index (κ3) is 5.00. The molecule has 2 atom stereocenters. The summed E-state index contributed by atoms with van der Waals surface area (Å²) in [7, 11) is 0. The highest BCUT2D eigenvalue weighted by molar-refractivity contribution is 6.35. The molecule has 0 aliphatic carbocycles. The molecule has 0 fully saturated rings. The Labute approximate surface area is 214 Å². The molecule has 8 heteroatoms. The quantitative estimate of drug-likeness (QED) is 0.437. The summed E-state index contributed by atoms with van der Waals surface area (Å²) in [6, 6.07) is 15.4. The van der Waals surface area contributed by atoms with Gasteiger partial charge in [0.25, 0.3) is 5.91 Å². The van der Waals surface area contributed by atoms with Gasteiger partial charge in [-0.05, 0) is 55.5 Å². The number of anilines is 1. The van der Waals surface area contributed by atoms with Gasteiger partial charge >= 0.3 is 0 Å². The minimum absolute atomic E-state index is 0.0340. The molecule has 1 aliphatic rings. The zero-order valence-corrected chi connectivity index (χ0v) is 21.4. The maximum absolute atomic E-state index is 13.7. The van der Waals surface area contributed by atoms with E-state index in [2.05, 4.69) is 5.32 Å². The first-order chi connectivity index (χ1) is 16.7. The molecular weight excluding hydrogens is 485 g/mol. The Bertz CT molecular complexity index is 1300. The predicted molar refractivity (Wildman–Crippen MR) is 140 cm³/mol. The average molecular weight is 512 g/mol. The second-order valence-electron chi connectivity index (χ2n) is 8.82. The van der Waals surface area contributed by atoms with Crippen LogP contribution >= 0.6 is 23.2 Å². The van der Waals surface area contributed by atoms with Crippen molar-refractivity contribution in [3.63, 3.8) is 0 Å². The summed E-state index contributed by atoms with van der Waals surface area (Å²) in [6.45, 7) is 5.47. The van der Waals surface area contributed by atoms with E-state index in [1.165, 1.54) is 9.80 Å². The summed E-state index contributed by atoms with van der Waals surface area (Å²) in [6.07, 6.45) is 0.764. The lowest BCUT2D eigenvalue weighted by Crippen LogP contribution is -2.52. The zero-order chi connectivity index (χ0) is 25.3. The van der Waals surface area contributed by atoms with Crippen LogP contribution in [0.1, 0.15) is 43.1 Å². The van der Waals surface area contributed by atoms with Gasteiger partial charge in [-0.25, -0.2) is 0 Å².